The van der Waals surface area contributed by atoms with Crippen molar-refractivity contribution in [2.45, 2.75) is 25.3 Å². The van der Waals surface area contributed by atoms with E-state index in [-0.39, 0.29) is 19.1 Å². The van der Waals surface area contributed by atoms with Gasteiger partial charge >= 0.3 is 5.97 Å². The van der Waals surface area contributed by atoms with Crippen LogP contribution in [-0.4, -0.2) is 59.9 Å². The van der Waals surface area contributed by atoms with E-state index in [9.17, 15) is 4.79 Å². The summed E-state index contributed by atoms with van der Waals surface area (Å²) in [5, 5.41) is 29.5. The predicted octanol–water partition coefficient (Wildman–Crippen LogP) is -0.353. The van der Waals surface area contributed by atoms with E-state index >= 15 is 0 Å². The molecule has 1 heterocycles. The number of rotatable bonds is 7. The number of carbonyl (C=O) groups is 1. The Morgan fingerprint density at radius 1 is 1.50 bits per heavy atom. The number of aliphatic hydroxyl groups excluding tert-OH is 1. The van der Waals surface area contributed by atoms with Crippen molar-refractivity contribution in [3.8, 4) is 6.07 Å². The van der Waals surface area contributed by atoms with Crippen LogP contribution in [0, 0.1) is 17.2 Å². The van der Waals surface area contributed by atoms with Crippen LogP contribution < -0.4 is 5.32 Å². The molecule has 0 saturated carbocycles. The van der Waals surface area contributed by atoms with E-state index in [0.29, 0.717) is 25.4 Å². The molecule has 0 aromatic heterocycles. The van der Waals surface area contributed by atoms with Gasteiger partial charge in [-0.25, -0.2) is 0 Å². The van der Waals surface area contributed by atoms with Crippen molar-refractivity contribution in [2.24, 2.45) is 5.92 Å². The van der Waals surface area contributed by atoms with Crippen molar-refractivity contribution in [1.82, 2.24) is 10.2 Å². The number of carboxylic acid groups (broad SMARTS) is 1. The summed E-state index contributed by atoms with van der Waals surface area (Å²) in [6.07, 6.45) is 1.74. The molecule has 1 fully saturated rings. The second-order valence-electron chi connectivity index (χ2n) is 4.76. The number of hydrogen-bond acceptors (Lipinski definition) is 5. The molecule has 0 aromatic carbocycles. The van der Waals surface area contributed by atoms with Gasteiger partial charge in [0.1, 0.15) is 0 Å². The Bertz CT molecular complexity index is 303. The fourth-order valence-electron chi connectivity index (χ4n) is 2.49. The van der Waals surface area contributed by atoms with Crippen LogP contribution in [0.5, 0.6) is 0 Å². The van der Waals surface area contributed by atoms with Gasteiger partial charge in [-0.05, 0) is 18.8 Å². The summed E-state index contributed by atoms with van der Waals surface area (Å²) in [4.78, 5) is 12.6. The third kappa shape index (κ3) is 5.45. The van der Waals surface area contributed by atoms with E-state index in [4.69, 9.17) is 15.5 Å². The molecular formula is C12H21N3O3. The summed E-state index contributed by atoms with van der Waals surface area (Å²) in [5.41, 5.74) is 0. The molecule has 0 amide bonds. The van der Waals surface area contributed by atoms with Gasteiger partial charge in [0.25, 0.3) is 0 Å². The summed E-state index contributed by atoms with van der Waals surface area (Å²) >= 11 is 0. The first kappa shape index (κ1) is 14.9. The molecule has 1 aliphatic rings. The largest absolute Gasteiger partial charge is 0.481 e. The van der Waals surface area contributed by atoms with E-state index in [1.54, 1.807) is 0 Å². The number of nitriles is 1. The second kappa shape index (κ2) is 8.03. The van der Waals surface area contributed by atoms with Crippen LogP contribution in [0.2, 0.25) is 0 Å². The molecular weight excluding hydrogens is 234 g/mol. The Morgan fingerprint density at radius 3 is 2.89 bits per heavy atom. The van der Waals surface area contributed by atoms with E-state index in [1.165, 1.54) is 0 Å². The summed E-state index contributed by atoms with van der Waals surface area (Å²) < 4.78 is 0. The van der Waals surface area contributed by atoms with Crippen molar-refractivity contribution in [3.63, 3.8) is 0 Å². The normalized spacial score (nSPS) is 24.7. The maximum Gasteiger partial charge on any atom is 0.303 e. The topological polar surface area (TPSA) is 96.6 Å². The zero-order chi connectivity index (χ0) is 13.4. The maximum atomic E-state index is 10.6. The number of likely N-dealkylation sites (tertiary alicyclic amines) is 1. The first-order valence-electron chi connectivity index (χ1n) is 6.31. The van der Waals surface area contributed by atoms with Crippen molar-refractivity contribution in [3.05, 3.63) is 0 Å². The van der Waals surface area contributed by atoms with Gasteiger partial charge < -0.3 is 15.5 Å². The van der Waals surface area contributed by atoms with Crippen LogP contribution >= 0.6 is 0 Å². The smallest absolute Gasteiger partial charge is 0.303 e. The third-order valence-electron chi connectivity index (χ3n) is 3.22. The molecule has 0 aromatic rings. The number of aliphatic hydroxyl groups is 1. The van der Waals surface area contributed by atoms with Crippen LogP contribution in [0.3, 0.4) is 0 Å². The van der Waals surface area contributed by atoms with Gasteiger partial charge in [0, 0.05) is 32.1 Å². The Morgan fingerprint density at radius 2 is 2.28 bits per heavy atom. The SMILES string of the molecule is N#CCN1CC(CCC(=O)O)CC(NCCO)C1. The fraction of sp³-hybridized carbons (Fsp3) is 0.833. The predicted molar refractivity (Wildman–Crippen MR) is 65.9 cm³/mol. The Hall–Kier alpha value is -1.16. The summed E-state index contributed by atoms with van der Waals surface area (Å²) in [7, 11) is 0. The molecule has 6 nitrogen and oxygen atoms in total. The van der Waals surface area contributed by atoms with Gasteiger partial charge in [0.15, 0.2) is 0 Å². The number of aliphatic carboxylic acids is 1. The molecule has 1 rings (SSSR count). The van der Waals surface area contributed by atoms with Gasteiger partial charge in [0.05, 0.1) is 19.2 Å². The van der Waals surface area contributed by atoms with Crippen LogP contribution in [0.15, 0.2) is 0 Å². The number of nitrogens with one attached hydrogen (secondary N) is 1. The van der Waals surface area contributed by atoms with Crippen molar-refractivity contribution >= 4 is 5.97 Å². The minimum atomic E-state index is -0.771. The molecule has 0 radical (unpaired) electrons. The first-order valence-corrected chi connectivity index (χ1v) is 6.31. The minimum Gasteiger partial charge on any atom is -0.481 e. The molecule has 2 atom stereocenters. The van der Waals surface area contributed by atoms with Gasteiger partial charge in [-0.1, -0.05) is 0 Å². The highest BCUT2D eigenvalue weighted by atomic mass is 16.4. The molecule has 0 aliphatic carbocycles. The number of piperidine rings is 1. The Balaban J connectivity index is 2.45. The van der Waals surface area contributed by atoms with Crippen molar-refractivity contribution in [2.75, 3.05) is 32.8 Å². The van der Waals surface area contributed by atoms with Crippen LogP contribution in [-0.2, 0) is 4.79 Å². The van der Waals surface area contributed by atoms with E-state index in [2.05, 4.69) is 11.4 Å². The second-order valence-corrected chi connectivity index (χ2v) is 4.76. The highest BCUT2D eigenvalue weighted by Gasteiger charge is 2.26. The minimum absolute atomic E-state index is 0.0918. The lowest BCUT2D eigenvalue weighted by Gasteiger charge is -2.37. The zero-order valence-electron chi connectivity index (χ0n) is 10.5. The molecule has 102 valence electrons. The zero-order valence-corrected chi connectivity index (χ0v) is 10.5. The molecule has 1 saturated heterocycles. The molecule has 1 aliphatic heterocycles. The van der Waals surface area contributed by atoms with Gasteiger partial charge in [0.2, 0.25) is 0 Å². The highest BCUT2D eigenvalue weighted by Crippen LogP contribution is 2.21. The van der Waals surface area contributed by atoms with E-state index in [1.807, 2.05) is 4.90 Å². The molecule has 18 heavy (non-hydrogen) atoms. The highest BCUT2D eigenvalue weighted by molar-refractivity contribution is 5.66. The van der Waals surface area contributed by atoms with Gasteiger partial charge in [-0.2, -0.15) is 5.26 Å². The first-order chi connectivity index (χ1) is 8.65. The van der Waals surface area contributed by atoms with Crippen LogP contribution in [0.4, 0.5) is 0 Å². The molecule has 6 heteroatoms. The standard InChI is InChI=1S/C12H21N3O3/c13-3-5-15-8-10(1-2-12(17)18)7-11(9-15)14-4-6-16/h10-11,14,16H,1-2,4-9H2,(H,17,18). The fourth-order valence-corrected chi connectivity index (χ4v) is 2.49. The lowest BCUT2D eigenvalue weighted by Crippen LogP contribution is -2.49. The summed E-state index contributed by atoms with van der Waals surface area (Å²) in [5.74, 6) is -0.466. The van der Waals surface area contributed by atoms with Gasteiger partial charge in [-0.15, -0.1) is 0 Å². The van der Waals surface area contributed by atoms with Crippen LogP contribution in [0.25, 0.3) is 0 Å². The molecule has 2 unspecified atom stereocenters. The molecule has 0 bridgehead atoms. The lowest BCUT2D eigenvalue weighted by atomic mass is 9.90. The summed E-state index contributed by atoms with van der Waals surface area (Å²) in [6.45, 7) is 2.58. The van der Waals surface area contributed by atoms with Gasteiger partial charge in [-0.3, -0.25) is 9.69 Å². The molecule has 0 spiro atoms. The van der Waals surface area contributed by atoms with E-state index in [0.717, 1.165) is 19.5 Å². The van der Waals surface area contributed by atoms with E-state index < -0.39 is 5.97 Å². The lowest BCUT2D eigenvalue weighted by molar-refractivity contribution is -0.137. The van der Waals surface area contributed by atoms with Crippen LogP contribution in [0.1, 0.15) is 19.3 Å². The maximum absolute atomic E-state index is 10.6. The Kier molecular flexibility index (Phi) is 6.65. The number of carboxylic acids is 1. The average molecular weight is 255 g/mol. The quantitative estimate of drug-likeness (QED) is 0.538. The average Bonchev–Trinajstić information content (AvgIpc) is 2.34. The summed E-state index contributed by atoms with van der Waals surface area (Å²) in [6, 6.07) is 2.37. The van der Waals surface area contributed by atoms with Crippen molar-refractivity contribution in [1.29, 1.82) is 5.26 Å². The van der Waals surface area contributed by atoms with Crippen molar-refractivity contribution < 1.29 is 15.0 Å². The molecule has 3 N–H and O–H groups in total. The number of hydrogen-bond donors (Lipinski definition) is 3. The monoisotopic (exact) mass is 255 g/mol. The third-order valence-corrected chi connectivity index (χ3v) is 3.22. The number of nitrogens with zero attached hydrogens (tertiary/aromatic N) is 2. The Labute approximate surface area is 107 Å².